The van der Waals surface area contributed by atoms with Crippen LogP contribution in [0, 0.1) is 0 Å². The van der Waals surface area contributed by atoms with Gasteiger partial charge in [-0.15, -0.1) is 6.58 Å². The lowest BCUT2D eigenvalue weighted by molar-refractivity contribution is 0.582. The molecule has 2 heteroatoms. The maximum Gasteiger partial charge on any atom is 0.0521 e. The van der Waals surface area contributed by atoms with Crippen LogP contribution in [0.3, 0.4) is 0 Å². The normalized spacial score (nSPS) is 20.8. The quantitative estimate of drug-likeness (QED) is 0.677. The van der Waals surface area contributed by atoms with E-state index in [9.17, 15) is 0 Å². The molecule has 0 aliphatic carbocycles. The van der Waals surface area contributed by atoms with Gasteiger partial charge >= 0.3 is 0 Å². The van der Waals surface area contributed by atoms with Gasteiger partial charge in [0.25, 0.3) is 0 Å². The number of hydrogen-bond acceptors (Lipinski definition) is 1. The summed E-state index contributed by atoms with van der Waals surface area (Å²) in [6, 6.07) is 6.30. The Morgan fingerprint density at radius 1 is 1.54 bits per heavy atom. The van der Waals surface area contributed by atoms with Crippen LogP contribution in [0.4, 0.5) is 0 Å². The molecule has 0 spiro atoms. The molecule has 1 unspecified atom stereocenters. The molecule has 0 amide bonds. The summed E-state index contributed by atoms with van der Waals surface area (Å²) in [6.45, 7) is 4.81. The van der Waals surface area contributed by atoms with E-state index >= 15 is 0 Å². The van der Waals surface area contributed by atoms with Gasteiger partial charge in [-0.05, 0) is 23.6 Å². The summed E-state index contributed by atoms with van der Waals surface area (Å²) < 4.78 is 0. The third kappa shape index (κ3) is 1.50. The first-order chi connectivity index (χ1) is 6.33. The summed E-state index contributed by atoms with van der Waals surface area (Å²) in [7, 11) is 0. The average Bonchev–Trinajstić information content (AvgIpc) is 2.17. The molecule has 1 aromatic carbocycles. The van der Waals surface area contributed by atoms with E-state index in [2.05, 4.69) is 18.0 Å². The highest BCUT2D eigenvalue weighted by molar-refractivity contribution is 6.31. The first kappa shape index (κ1) is 8.79. The van der Waals surface area contributed by atoms with Crippen molar-refractivity contribution in [3.63, 3.8) is 0 Å². The highest BCUT2D eigenvalue weighted by Crippen LogP contribution is 2.30. The van der Waals surface area contributed by atoms with Crippen LogP contribution in [0.2, 0.25) is 5.02 Å². The van der Waals surface area contributed by atoms with Gasteiger partial charge < -0.3 is 5.32 Å². The van der Waals surface area contributed by atoms with E-state index in [-0.39, 0.29) is 6.04 Å². The Morgan fingerprint density at radius 3 is 3.15 bits per heavy atom. The smallest absolute Gasteiger partial charge is 0.0521 e. The van der Waals surface area contributed by atoms with Gasteiger partial charge in [0.1, 0.15) is 0 Å². The van der Waals surface area contributed by atoms with Gasteiger partial charge in [-0.25, -0.2) is 0 Å². The van der Waals surface area contributed by atoms with Crippen LogP contribution in [0.25, 0.3) is 0 Å². The van der Waals surface area contributed by atoms with Crippen molar-refractivity contribution in [3.8, 4) is 0 Å². The molecule has 1 atom stereocenters. The minimum atomic E-state index is 0.220. The van der Waals surface area contributed by atoms with Gasteiger partial charge in [0, 0.05) is 11.6 Å². The molecular weight excluding hydrogens is 182 g/mol. The fourth-order valence-electron chi connectivity index (χ4n) is 1.81. The zero-order valence-corrected chi connectivity index (χ0v) is 8.14. The molecule has 1 aliphatic rings. The number of halogens is 1. The Bertz CT molecular complexity index is 333. The summed E-state index contributed by atoms with van der Waals surface area (Å²) in [4.78, 5) is 0. The van der Waals surface area contributed by atoms with E-state index in [1.165, 1.54) is 11.1 Å². The first-order valence-electron chi connectivity index (χ1n) is 4.46. The van der Waals surface area contributed by atoms with Crippen LogP contribution in [0.15, 0.2) is 30.9 Å². The molecule has 1 nitrogen and oxygen atoms in total. The highest BCUT2D eigenvalue weighted by atomic mass is 35.5. The molecule has 1 N–H and O–H groups in total. The molecular formula is C11H12ClN. The Balaban J connectivity index is 2.53. The Hall–Kier alpha value is -0.790. The summed E-state index contributed by atoms with van der Waals surface area (Å²) >= 11 is 6.13. The molecule has 0 fully saturated rings. The minimum absolute atomic E-state index is 0.220. The predicted octanol–water partition coefficient (Wildman–Crippen LogP) is 2.71. The SMILES string of the molecule is C=CC1NCCc2cccc(Cl)c21. The number of fused-ring (bicyclic) bond motifs is 1. The zero-order valence-electron chi connectivity index (χ0n) is 7.39. The predicted molar refractivity (Wildman–Crippen MR) is 56.1 cm³/mol. The van der Waals surface area contributed by atoms with Gasteiger partial charge in [-0.1, -0.05) is 29.8 Å². The molecule has 0 radical (unpaired) electrons. The van der Waals surface area contributed by atoms with Crippen LogP contribution in [-0.2, 0) is 6.42 Å². The molecule has 0 bridgehead atoms. The van der Waals surface area contributed by atoms with E-state index in [0.29, 0.717) is 0 Å². The summed E-state index contributed by atoms with van der Waals surface area (Å²) in [5, 5.41) is 4.21. The van der Waals surface area contributed by atoms with E-state index in [1.54, 1.807) is 0 Å². The van der Waals surface area contributed by atoms with Gasteiger partial charge in [-0.2, -0.15) is 0 Å². The Morgan fingerprint density at radius 2 is 2.38 bits per heavy atom. The van der Waals surface area contributed by atoms with Crippen molar-refractivity contribution in [2.24, 2.45) is 0 Å². The van der Waals surface area contributed by atoms with Crippen molar-refractivity contribution >= 4 is 11.6 Å². The highest BCUT2D eigenvalue weighted by Gasteiger charge is 2.18. The van der Waals surface area contributed by atoms with E-state index in [0.717, 1.165) is 18.0 Å². The first-order valence-corrected chi connectivity index (χ1v) is 4.84. The number of nitrogens with one attached hydrogen (secondary N) is 1. The largest absolute Gasteiger partial charge is 0.306 e. The second-order valence-electron chi connectivity index (χ2n) is 3.23. The fraction of sp³-hybridized carbons (Fsp3) is 0.273. The Labute approximate surface area is 83.4 Å². The molecule has 1 aromatic rings. The maximum absolute atomic E-state index is 6.13. The molecule has 2 rings (SSSR count). The van der Waals surface area contributed by atoms with E-state index < -0.39 is 0 Å². The maximum atomic E-state index is 6.13. The molecule has 1 aliphatic heterocycles. The third-order valence-corrected chi connectivity index (χ3v) is 2.78. The van der Waals surface area contributed by atoms with Crippen molar-refractivity contribution in [2.45, 2.75) is 12.5 Å². The third-order valence-electron chi connectivity index (χ3n) is 2.45. The van der Waals surface area contributed by atoms with Gasteiger partial charge in [0.2, 0.25) is 0 Å². The van der Waals surface area contributed by atoms with Gasteiger partial charge in [0.15, 0.2) is 0 Å². The van der Waals surface area contributed by atoms with Crippen molar-refractivity contribution in [3.05, 3.63) is 47.0 Å². The number of benzene rings is 1. The Kier molecular flexibility index (Phi) is 2.38. The van der Waals surface area contributed by atoms with Crippen LogP contribution >= 0.6 is 11.6 Å². The molecule has 13 heavy (non-hydrogen) atoms. The summed E-state index contributed by atoms with van der Waals surface area (Å²) in [5.41, 5.74) is 2.54. The number of hydrogen-bond donors (Lipinski definition) is 1. The van der Waals surface area contributed by atoms with Crippen molar-refractivity contribution in [1.82, 2.24) is 5.32 Å². The molecule has 68 valence electrons. The van der Waals surface area contributed by atoms with Crippen LogP contribution < -0.4 is 5.32 Å². The summed E-state index contributed by atoms with van der Waals surface area (Å²) in [5.74, 6) is 0. The fourth-order valence-corrected chi connectivity index (χ4v) is 2.13. The van der Waals surface area contributed by atoms with E-state index in [1.807, 2.05) is 18.2 Å². The lowest BCUT2D eigenvalue weighted by Gasteiger charge is -2.25. The second kappa shape index (κ2) is 3.52. The summed E-state index contributed by atoms with van der Waals surface area (Å²) in [6.07, 6.45) is 2.96. The molecule has 1 heterocycles. The lowest BCUT2D eigenvalue weighted by Crippen LogP contribution is -2.28. The standard InChI is InChI=1S/C11H12ClN/c1-2-10-11-8(6-7-13-10)4-3-5-9(11)12/h2-5,10,13H,1,6-7H2. The zero-order chi connectivity index (χ0) is 9.26. The van der Waals surface area contributed by atoms with Gasteiger partial charge in [-0.3, -0.25) is 0 Å². The van der Waals surface area contributed by atoms with Crippen LogP contribution in [0.5, 0.6) is 0 Å². The van der Waals surface area contributed by atoms with Gasteiger partial charge in [0.05, 0.1) is 6.04 Å². The lowest BCUT2D eigenvalue weighted by atomic mass is 9.94. The monoisotopic (exact) mass is 193 g/mol. The minimum Gasteiger partial charge on any atom is -0.306 e. The average molecular weight is 194 g/mol. The second-order valence-corrected chi connectivity index (χ2v) is 3.64. The molecule has 0 saturated heterocycles. The number of rotatable bonds is 1. The van der Waals surface area contributed by atoms with Crippen molar-refractivity contribution in [1.29, 1.82) is 0 Å². The topological polar surface area (TPSA) is 12.0 Å². The van der Waals surface area contributed by atoms with Crippen molar-refractivity contribution in [2.75, 3.05) is 6.54 Å². The van der Waals surface area contributed by atoms with E-state index in [4.69, 9.17) is 11.6 Å². The van der Waals surface area contributed by atoms with Crippen LogP contribution in [0.1, 0.15) is 17.2 Å². The molecule has 0 saturated carbocycles. The molecule has 0 aromatic heterocycles. The van der Waals surface area contributed by atoms with Crippen LogP contribution in [-0.4, -0.2) is 6.54 Å². The van der Waals surface area contributed by atoms with Crippen molar-refractivity contribution < 1.29 is 0 Å².